The van der Waals surface area contributed by atoms with E-state index in [1.165, 1.54) is 0 Å². The van der Waals surface area contributed by atoms with Gasteiger partial charge in [0.15, 0.2) is 5.69 Å². The van der Waals surface area contributed by atoms with E-state index in [-0.39, 0.29) is 5.91 Å². The molecule has 0 spiro atoms. The topological polar surface area (TPSA) is 46.4 Å². The van der Waals surface area contributed by atoms with E-state index in [0.29, 0.717) is 16.7 Å². The highest BCUT2D eigenvalue weighted by molar-refractivity contribution is 14.1. The van der Waals surface area contributed by atoms with Crippen LogP contribution in [0, 0.1) is 3.70 Å². The van der Waals surface area contributed by atoms with Gasteiger partial charge in [0, 0.05) is 4.88 Å². The Hall–Kier alpha value is -1.71. The smallest absolute Gasteiger partial charge is 0.273 e. The first-order valence-electron chi connectivity index (χ1n) is 7.87. The molecule has 1 N–H and O–H groups in total. The fourth-order valence-electron chi connectivity index (χ4n) is 2.68. The van der Waals surface area contributed by atoms with Crippen molar-refractivity contribution >= 4 is 61.3 Å². The van der Waals surface area contributed by atoms with E-state index in [0.717, 1.165) is 25.2 Å². The molecule has 7 heteroatoms. The van der Waals surface area contributed by atoms with Gasteiger partial charge >= 0.3 is 0 Å². The van der Waals surface area contributed by atoms with E-state index in [4.69, 9.17) is 0 Å². The monoisotopic (exact) mass is 537 g/mol. The molecule has 0 fully saturated rings. The first-order valence-corrected chi connectivity index (χ1v) is 10.6. The molecule has 0 bridgehead atoms. The first-order chi connectivity index (χ1) is 12.6. The Labute approximate surface area is 176 Å². The zero-order valence-corrected chi connectivity index (χ0v) is 18.0. The van der Waals surface area contributed by atoms with Gasteiger partial charge < -0.3 is 5.32 Å². The zero-order valence-electron chi connectivity index (χ0n) is 13.4. The molecule has 1 amide bonds. The fourth-order valence-corrected chi connectivity index (χ4v) is 4.57. The van der Waals surface area contributed by atoms with Crippen LogP contribution in [-0.4, -0.2) is 15.5 Å². The molecule has 0 unspecified atom stereocenters. The molecule has 4 nitrogen and oxygen atoms in total. The lowest BCUT2D eigenvalue weighted by atomic mass is 10.1. The lowest BCUT2D eigenvalue weighted by Gasteiger charge is -2.04. The number of nitrogens with one attached hydrogen (secondary N) is 1. The van der Waals surface area contributed by atoms with Crippen molar-refractivity contribution in [2.75, 3.05) is 0 Å². The summed E-state index contributed by atoms with van der Waals surface area (Å²) in [4.78, 5) is 13.7. The van der Waals surface area contributed by atoms with Crippen LogP contribution in [0.2, 0.25) is 0 Å². The molecule has 4 rings (SSSR count). The lowest BCUT2D eigenvalue weighted by molar-refractivity contribution is 0.0945. The molecule has 0 radical (unpaired) electrons. The summed E-state index contributed by atoms with van der Waals surface area (Å²) >= 11 is 7.43. The number of rotatable bonds is 4. The third-order valence-electron chi connectivity index (χ3n) is 3.96. The number of halogens is 2. The van der Waals surface area contributed by atoms with Crippen LogP contribution in [0.1, 0.15) is 15.4 Å². The number of carbonyl (C=O) groups excluding carboxylic acids is 1. The second kappa shape index (κ2) is 7.50. The number of thiophene rings is 1. The molecular formula is C19H13BrIN3OS. The predicted molar refractivity (Wildman–Crippen MR) is 117 cm³/mol. The van der Waals surface area contributed by atoms with Crippen molar-refractivity contribution < 1.29 is 4.79 Å². The number of nitrogens with zero attached hydrogens (tertiary/aromatic N) is 2. The minimum absolute atomic E-state index is 0.189. The first kappa shape index (κ1) is 17.7. The molecule has 0 aliphatic heterocycles. The van der Waals surface area contributed by atoms with Gasteiger partial charge in [0.25, 0.3) is 5.91 Å². The third kappa shape index (κ3) is 3.43. The Morgan fingerprint density at radius 1 is 1.15 bits per heavy atom. The highest BCUT2D eigenvalue weighted by atomic mass is 127. The van der Waals surface area contributed by atoms with Crippen LogP contribution in [0.25, 0.3) is 16.6 Å². The van der Waals surface area contributed by atoms with Crippen molar-refractivity contribution in [2.45, 2.75) is 6.54 Å². The van der Waals surface area contributed by atoms with Gasteiger partial charge in [-0.2, -0.15) is 5.10 Å². The average molecular weight is 538 g/mol. The summed E-state index contributed by atoms with van der Waals surface area (Å²) in [5, 5.41) is 9.43. The van der Waals surface area contributed by atoms with Gasteiger partial charge in [-0.05, 0) is 73.2 Å². The number of hydrogen-bond donors (Lipinski definition) is 1. The van der Waals surface area contributed by atoms with Gasteiger partial charge in [-0.1, -0.05) is 36.4 Å². The van der Waals surface area contributed by atoms with E-state index in [1.807, 2.05) is 41.8 Å². The average Bonchev–Trinajstić information content (AvgIpc) is 3.29. The number of pyridine rings is 1. The summed E-state index contributed by atoms with van der Waals surface area (Å²) in [5.41, 5.74) is 3.49. The van der Waals surface area contributed by atoms with Gasteiger partial charge in [-0.15, -0.1) is 11.3 Å². The molecule has 0 saturated carbocycles. The summed E-state index contributed by atoms with van der Waals surface area (Å²) in [6.45, 7) is 0.503. The van der Waals surface area contributed by atoms with Crippen LogP contribution in [0.3, 0.4) is 0 Å². The molecule has 0 aliphatic rings. The van der Waals surface area contributed by atoms with Gasteiger partial charge in [-0.3, -0.25) is 4.79 Å². The van der Waals surface area contributed by atoms with Crippen LogP contribution in [0.4, 0.5) is 0 Å². The molecule has 0 aliphatic carbocycles. The molecule has 26 heavy (non-hydrogen) atoms. The Kier molecular flexibility index (Phi) is 5.10. The molecule has 0 saturated heterocycles. The Morgan fingerprint density at radius 3 is 2.69 bits per heavy atom. The SMILES string of the molecule is O=C(NCc1cccs1)c1nn2c(I)cc(-c3ccccc3)cc2c1Br. The van der Waals surface area contributed by atoms with Crippen LogP contribution in [0.5, 0.6) is 0 Å². The summed E-state index contributed by atoms with van der Waals surface area (Å²) < 4.78 is 3.44. The summed E-state index contributed by atoms with van der Waals surface area (Å²) in [6, 6.07) is 18.3. The predicted octanol–water partition coefficient (Wildman–Crippen LogP) is 5.36. The van der Waals surface area contributed by atoms with Crippen molar-refractivity contribution in [3.05, 3.63) is 78.7 Å². The minimum Gasteiger partial charge on any atom is -0.346 e. The van der Waals surface area contributed by atoms with E-state index in [1.54, 1.807) is 15.9 Å². The maximum absolute atomic E-state index is 12.6. The molecule has 130 valence electrons. The molecule has 0 atom stereocenters. The van der Waals surface area contributed by atoms with Gasteiger partial charge in [0.2, 0.25) is 0 Å². The standard InChI is InChI=1S/C19H13BrIN3OS/c20-17-15-9-13(12-5-2-1-3-6-12)10-16(21)24(15)23-18(17)19(25)22-11-14-7-4-8-26-14/h1-10H,11H2,(H,22,25). The fraction of sp³-hybridized carbons (Fsp3) is 0.0526. The Balaban J connectivity index is 1.70. The molecule has 4 aromatic rings. The van der Waals surface area contributed by atoms with Crippen LogP contribution in [-0.2, 0) is 6.54 Å². The lowest BCUT2D eigenvalue weighted by Crippen LogP contribution is -2.23. The summed E-state index contributed by atoms with van der Waals surface area (Å²) in [6.07, 6.45) is 0. The maximum atomic E-state index is 12.6. The quantitative estimate of drug-likeness (QED) is 0.281. The second-order valence-electron chi connectivity index (χ2n) is 5.65. The summed E-state index contributed by atoms with van der Waals surface area (Å²) in [7, 11) is 0. The molecule has 3 aromatic heterocycles. The minimum atomic E-state index is -0.189. The normalized spacial score (nSPS) is 11.0. The third-order valence-corrected chi connectivity index (χ3v) is 6.38. The van der Waals surface area contributed by atoms with E-state index >= 15 is 0 Å². The maximum Gasteiger partial charge on any atom is 0.273 e. The second-order valence-corrected chi connectivity index (χ2v) is 8.58. The Bertz CT molecular complexity index is 1080. The number of benzene rings is 1. The largest absolute Gasteiger partial charge is 0.346 e. The van der Waals surface area contributed by atoms with E-state index in [2.05, 4.69) is 67.1 Å². The van der Waals surface area contributed by atoms with Gasteiger partial charge in [0.05, 0.1) is 16.5 Å². The Morgan fingerprint density at radius 2 is 1.96 bits per heavy atom. The van der Waals surface area contributed by atoms with Crippen molar-refractivity contribution in [3.63, 3.8) is 0 Å². The van der Waals surface area contributed by atoms with Gasteiger partial charge in [0.1, 0.15) is 3.70 Å². The van der Waals surface area contributed by atoms with Crippen molar-refractivity contribution in [1.29, 1.82) is 0 Å². The van der Waals surface area contributed by atoms with Crippen molar-refractivity contribution in [3.8, 4) is 11.1 Å². The highest BCUT2D eigenvalue weighted by Crippen LogP contribution is 2.29. The molecule has 3 heterocycles. The number of carbonyl (C=O) groups is 1. The van der Waals surface area contributed by atoms with E-state index in [9.17, 15) is 4.79 Å². The van der Waals surface area contributed by atoms with E-state index < -0.39 is 0 Å². The molecule has 1 aromatic carbocycles. The number of aromatic nitrogens is 2. The number of fused-ring (bicyclic) bond motifs is 1. The number of hydrogen-bond acceptors (Lipinski definition) is 3. The molecular weight excluding hydrogens is 525 g/mol. The van der Waals surface area contributed by atoms with Crippen LogP contribution < -0.4 is 5.32 Å². The van der Waals surface area contributed by atoms with Crippen molar-refractivity contribution in [1.82, 2.24) is 14.9 Å². The summed E-state index contributed by atoms with van der Waals surface area (Å²) in [5.74, 6) is -0.189. The van der Waals surface area contributed by atoms with Gasteiger partial charge in [-0.25, -0.2) is 4.52 Å². The van der Waals surface area contributed by atoms with Crippen LogP contribution in [0.15, 0.2) is 64.5 Å². The van der Waals surface area contributed by atoms with Crippen LogP contribution >= 0.6 is 49.9 Å². The van der Waals surface area contributed by atoms with Crippen molar-refractivity contribution in [2.24, 2.45) is 0 Å². The number of amides is 1. The highest BCUT2D eigenvalue weighted by Gasteiger charge is 2.19. The zero-order chi connectivity index (χ0) is 18.1.